The molecular formula is C22H18N4O5. The lowest BCUT2D eigenvalue weighted by Crippen LogP contribution is -2.41. The summed E-state index contributed by atoms with van der Waals surface area (Å²) in [6, 6.07) is 15.9. The Morgan fingerprint density at radius 1 is 0.935 bits per heavy atom. The summed E-state index contributed by atoms with van der Waals surface area (Å²) in [4.78, 5) is 41.8. The van der Waals surface area contributed by atoms with E-state index in [0.717, 1.165) is 0 Å². The number of carboxylic acids is 1. The van der Waals surface area contributed by atoms with Gasteiger partial charge in [0.05, 0.1) is 24.0 Å². The number of para-hydroxylation sites is 1. The van der Waals surface area contributed by atoms with Gasteiger partial charge >= 0.3 is 12.0 Å². The molecule has 0 unspecified atom stereocenters. The minimum atomic E-state index is -1.07. The number of nitrogens with one attached hydrogen (secondary N) is 2. The number of hydrogen-bond donors (Lipinski definition) is 3. The lowest BCUT2D eigenvalue weighted by Gasteiger charge is -2.28. The Kier molecular flexibility index (Phi) is 5.48. The van der Waals surface area contributed by atoms with Crippen LogP contribution in [0.4, 0.5) is 22.0 Å². The number of rotatable bonds is 4. The van der Waals surface area contributed by atoms with E-state index in [1.165, 1.54) is 35.4 Å². The second-order valence-electron chi connectivity index (χ2n) is 6.68. The smallest absolute Gasteiger partial charge is 0.335 e. The minimum Gasteiger partial charge on any atom is -0.488 e. The van der Waals surface area contributed by atoms with E-state index in [1.54, 1.807) is 18.2 Å². The van der Waals surface area contributed by atoms with Crippen molar-refractivity contribution in [2.24, 2.45) is 0 Å². The molecule has 0 radical (unpaired) electrons. The van der Waals surface area contributed by atoms with Crippen LogP contribution in [0.2, 0.25) is 0 Å². The third kappa shape index (κ3) is 4.45. The van der Waals surface area contributed by atoms with Gasteiger partial charge in [-0.15, -0.1) is 0 Å². The monoisotopic (exact) mass is 418 g/mol. The third-order valence-corrected chi connectivity index (χ3v) is 4.58. The molecule has 156 valence electrons. The molecule has 9 heteroatoms. The van der Waals surface area contributed by atoms with Crippen LogP contribution in [0.25, 0.3) is 0 Å². The molecule has 0 saturated heterocycles. The Bertz CT molecular complexity index is 1130. The van der Waals surface area contributed by atoms with Crippen LogP contribution in [0.1, 0.15) is 20.7 Å². The zero-order valence-electron chi connectivity index (χ0n) is 16.2. The average Bonchev–Trinajstić information content (AvgIpc) is 2.79. The number of carboxylic acid groups (broad SMARTS) is 1. The number of aromatic carboxylic acids is 1. The molecule has 1 aliphatic rings. The number of urea groups is 1. The fourth-order valence-corrected chi connectivity index (χ4v) is 3.05. The largest absolute Gasteiger partial charge is 0.488 e. The molecule has 0 bridgehead atoms. The zero-order valence-corrected chi connectivity index (χ0v) is 16.2. The number of anilines is 3. The third-order valence-electron chi connectivity index (χ3n) is 4.58. The molecule has 4 rings (SSSR count). The van der Waals surface area contributed by atoms with Crippen LogP contribution in [-0.4, -0.2) is 41.1 Å². The molecule has 9 nitrogen and oxygen atoms in total. The van der Waals surface area contributed by atoms with Gasteiger partial charge in [-0.1, -0.05) is 18.2 Å². The number of carbonyl (C=O) groups is 3. The summed E-state index contributed by atoms with van der Waals surface area (Å²) in [5.74, 6) is -0.769. The number of ether oxygens (including phenoxy) is 1. The van der Waals surface area contributed by atoms with Crippen molar-refractivity contribution in [2.45, 2.75) is 0 Å². The summed E-state index contributed by atoms with van der Waals surface area (Å²) in [5, 5.41) is 14.5. The molecule has 0 fully saturated rings. The first-order valence-corrected chi connectivity index (χ1v) is 9.42. The Morgan fingerprint density at radius 2 is 1.65 bits per heavy atom. The predicted molar refractivity (Wildman–Crippen MR) is 114 cm³/mol. The van der Waals surface area contributed by atoms with Gasteiger partial charge in [-0.2, -0.15) is 0 Å². The van der Waals surface area contributed by atoms with Crippen molar-refractivity contribution in [2.75, 3.05) is 28.7 Å². The van der Waals surface area contributed by atoms with Crippen LogP contribution < -0.4 is 20.3 Å². The minimum absolute atomic E-state index is 0.0919. The summed E-state index contributed by atoms with van der Waals surface area (Å²) in [5.41, 5.74) is 1.44. The van der Waals surface area contributed by atoms with Crippen molar-refractivity contribution >= 4 is 35.1 Å². The number of amides is 3. The van der Waals surface area contributed by atoms with E-state index < -0.39 is 11.9 Å². The maximum Gasteiger partial charge on any atom is 0.335 e. The van der Waals surface area contributed by atoms with Crippen molar-refractivity contribution in [1.29, 1.82) is 0 Å². The highest BCUT2D eigenvalue weighted by Crippen LogP contribution is 2.32. The van der Waals surface area contributed by atoms with Crippen molar-refractivity contribution < 1.29 is 24.2 Å². The second-order valence-corrected chi connectivity index (χ2v) is 6.68. The summed E-state index contributed by atoms with van der Waals surface area (Å²) in [6.45, 7) is 0.616. The number of hydrogen-bond acceptors (Lipinski definition) is 5. The molecule has 3 amide bonds. The topological polar surface area (TPSA) is 121 Å². The number of fused-ring (bicyclic) bond motifs is 1. The highest BCUT2D eigenvalue weighted by Gasteiger charge is 2.26. The molecule has 2 heterocycles. The molecule has 3 aromatic rings. The normalized spacial score (nSPS) is 12.3. The quantitative estimate of drug-likeness (QED) is 0.597. The Hall–Kier alpha value is -4.40. The average molecular weight is 418 g/mol. The van der Waals surface area contributed by atoms with Crippen molar-refractivity contribution in [3.8, 4) is 5.75 Å². The molecule has 0 spiro atoms. The van der Waals surface area contributed by atoms with Gasteiger partial charge in [0.15, 0.2) is 11.6 Å². The fourth-order valence-electron chi connectivity index (χ4n) is 3.05. The maximum absolute atomic E-state index is 12.7. The Morgan fingerprint density at radius 3 is 2.35 bits per heavy atom. The van der Waals surface area contributed by atoms with Gasteiger partial charge in [-0.3, -0.25) is 9.69 Å². The van der Waals surface area contributed by atoms with E-state index in [4.69, 9.17) is 9.84 Å². The second kappa shape index (κ2) is 8.54. The summed E-state index contributed by atoms with van der Waals surface area (Å²) < 4.78 is 5.62. The van der Waals surface area contributed by atoms with Gasteiger partial charge in [0.1, 0.15) is 6.61 Å². The molecule has 0 atom stereocenters. The first-order valence-electron chi connectivity index (χ1n) is 9.42. The van der Waals surface area contributed by atoms with Gasteiger partial charge in [0.25, 0.3) is 5.91 Å². The first kappa shape index (κ1) is 19.9. The molecule has 3 N–H and O–H groups in total. The van der Waals surface area contributed by atoms with Crippen LogP contribution in [0.3, 0.4) is 0 Å². The number of benzene rings is 2. The lowest BCUT2D eigenvalue weighted by molar-refractivity contribution is 0.0696. The summed E-state index contributed by atoms with van der Waals surface area (Å²) >= 11 is 0. The van der Waals surface area contributed by atoms with E-state index in [-0.39, 0.29) is 18.2 Å². The zero-order chi connectivity index (χ0) is 21.8. The van der Waals surface area contributed by atoms with E-state index in [0.29, 0.717) is 35.1 Å². The number of nitrogens with zero attached hydrogens (tertiary/aromatic N) is 2. The van der Waals surface area contributed by atoms with Gasteiger partial charge < -0.3 is 20.5 Å². The molecule has 0 saturated carbocycles. The fraction of sp³-hybridized carbons (Fsp3) is 0.0909. The van der Waals surface area contributed by atoms with E-state index in [9.17, 15) is 14.4 Å². The first-order chi connectivity index (χ1) is 15.0. The molecular weight excluding hydrogens is 400 g/mol. The van der Waals surface area contributed by atoms with Crippen LogP contribution in [0, 0.1) is 0 Å². The predicted octanol–water partition coefficient (Wildman–Crippen LogP) is 3.46. The Labute approximate surface area is 177 Å². The van der Waals surface area contributed by atoms with Gasteiger partial charge in [-0.05, 0) is 36.4 Å². The van der Waals surface area contributed by atoms with Gasteiger partial charge in [0, 0.05) is 17.3 Å². The Balaban J connectivity index is 1.48. The van der Waals surface area contributed by atoms with Crippen LogP contribution >= 0.6 is 0 Å². The number of pyridine rings is 1. The standard InChI is InChI=1S/C22H18N4O5/c27-20(14-6-8-15(9-7-14)21(28)29)24-17-12-18-19(23-13-17)26(10-11-31-18)22(30)25-16-4-2-1-3-5-16/h1-9,12-13H,10-11H2,(H,24,27)(H,25,30)(H,28,29). The summed E-state index contributed by atoms with van der Waals surface area (Å²) in [7, 11) is 0. The highest BCUT2D eigenvalue weighted by molar-refractivity contribution is 6.05. The molecule has 0 aliphatic carbocycles. The van der Waals surface area contributed by atoms with Crippen molar-refractivity contribution in [3.63, 3.8) is 0 Å². The van der Waals surface area contributed by atoms with Gasteiger partial charge in [-0.25, -0.2) is 14.6 Å². The van der Waals surface area contributed by atoms with Gasteiger partial charge in [0.2, 0.25) is 0 Å². The highest BCUT2D eigenvalue weighted by atomic mass is 16.5. The lowest BCUT2D eigenvalue weighted by atomic mass is 10.1. The van der Waals surface area contributed by atoms with E-state index in [2.05, 4.69) is 15.6 Å². The summed E-state index contributed by atoms with van der Waals surface area (Å²) in [6.07, 6.45) is 1.43. The van der Waals surface area contributed by atoms with Crippen molar-refractivity contribution in [3.05, 3.63) is 78.0 Å². The van der Waals surface area contributed by atoms with E-state index in [1.807, 2.05) is 18.2 Å². The number of aromatic nitrogens is 1. The molecule has 2 aromatic carbocycles. The van der Waals surface area contributed by atoms with Crippen molar-refractivity contribution in [1.82, 2.24) is 4.98 Å². The molecule has 1 aliphatic heterocycles. The van der Waals surface area contributed by atoms with E-state index >= 15 is 0 Å². The SMILES string of the molecule is O=C(O)c1ccc(C(=O)Nc2cnc3c(c2)OCCN3C(=O)Nc2ccccc2)cc1. The molecule has 1 aromatic heterocycles. The maximum atomic E-state index is 12.7. The number of carbonyl (C=O) groups excluding carboxylic acids is 2. The molecule has 31 heavy (non-hydrogen) atoms. The van der Waals surface area contributed by atoms with Crippen LogP contribution in [-0.2, 0) is 0 Å². The van der Waals surface area contributed by atoms with Crippen LogP contribution in [0.15, 0.2) is 66.9 Å². The van der Waals surface area contributed by atoms with Crippen LogP contribution in [0.5, 0.6) is 5.75 Å².